The Bertz CT molecular complexity index is 588. The molecule has 2 rings (SSSR count). The fourth-order valence-electron chi connectivity index (χ4n) is 2.05. The van der Waals surface area contributed by atoms with Crippen molar-refractivity contribution in [3.63, 3.8) is 0 Å². The summed E-state index contributed by atoms with van der Waals surface area (Å²) in [5.41, 5.74) is 2.46. The van der Waals surface area contributed by atoms with Crippen molar-refractivity contribution in [3.05, 3.63) is 51.7 Å². The maximum absolute atomic E-state index is 12.3. The molecule has 2 nitrogen and oxygen atoms in total. The standard InChI is InChI=1S/C17H20O2S/c1-17(2,3)13-7-5-12(6-8-13)11-14(18)16-15(19-4)9-10-20-16/h5-10H,11H2,1-4H3. The molecule has 20 heavy (non-hydrogen) atoms. The van der Waals surface area contributed by atoms with Gasteiger partial charge in [-0.25, -0.2) is 0 Å². The van der Waals surface area contributed by atoms with Crippen molar-refractivity contribution in [2.45, 2.75) is 32.6 Å². The third-order valence-electron chi connectivity index (χ3n) is 3.29. The van der Waals surface area contributed by atoms with Crippen LogP contribution in [0.5, 0.6) is 5.75 Å². The Kier molecular flexibility index (Phi) is 4.29. The lowest BCUT2D eigenvalue weighted by Crippen LogP contribution is -2.11. The molecule has 1 aromatic heterocycles. The van der Waals surface area contributed by atoms with Gasteiger partial charge in [0.2, 0.25) is 0 Å². The Morgan fingerprint density at radius 3 is 2.35 bits per heavy atom. The number of ketones is 1. The molecule has 0 bridgehead atoms. The molecule has 0 radical (unpaired) electrons. The summed E-state index contributed by atoms with van der Waals surface area (Å²) >= 11 is 1.43. The summed E-state index contributed by atoms with van der Waals surface area (Å²) in [6.07, 6.45) is 0.418. The van der Waals surface area contributed by atoms with E-state index in [2.05, 4.69) is 32.9 Å². The van der Waals surface area contributed by atoms with E-state index in [-0.39, 0.29) is 11.2 Å². The molecular formula is C17H20O2S. The van der Waals surface area contributed by atoms with E-state index in [1.807, 2.05) is 23.6 Å². The summed E-state index contributed by atoms with van der Waals surface area (Å²) < 4.78 is 5.20. The highest BCUT2D eigenvalue weighted by atomic mass is 32.1. The third kappa shape index (κ3) is 3.28. The van der Waals surface area contributed by atoms with Crippen LogP contribution in [0.4, 0.5) is 0 Å². The average Bonchev–Trinajstić information content (AvgIpc) is 2.86. The maximum Gasteiger partial charge on any atom is 0.180 e. The molecule has 0 atom stereocenters. The highest BCUT2D eigenvalue weighted by Gasteiger charge is 2.16. The number of hydrogen-bond donors (Lipinski definition) is 0. The normalized spacial score (nSPS) is 11.4. The van der Waals surface area contributed by atoms with Gasteiger partial charge in [0, 0.05) is 6.42 Å². The molecule has 0 N–H and O–H groups in total. The zero-order valence-electron chi connectivity index (χ0n) is 12.4. The van der Waals surface area contributed by atoms with Crippen molar-refractivity contribution in [1.29, 1.82) is 0 Å². The molecule has 0 amide bonds. The van der Waals surface area contributed by atoms with E-state index in [0.717, 1.165) is 5.56 Å². The van der Waals surface area contributed by atoms with E-state index in [1.54, 1.807) is 7.11 Å². The van der Waals surface area contributed by atoms with Crippen LogP contribution < -0.4 is 4.74 Å². The molecule has 106 valence electrons. The van der Waals surface area contributed by atoms with Gasteiger partial charge < -0.3 is 4.74 Å². The van der Waals surface area contributed by atoms with E-state index in [1.165, 1.54) is 16.9 Å². The number of ether oxygens (including phenoxy) is 1. The van der Waals surface area contributed by atoms with Crippen LogP contribution in [0.25, 0.3) is 0 Å². The molecule has 0 aliphatic heterocycles. The van der Waals surface area contributed by atoms with Crippen molar-refractivity contribution < 1.29 is 9.53 Å². The van der Waals surface area contributed by atoms with Crippen molar-refractivity contribution >= 4 is 17.1 Å². The molecule has 0 fully saturated rings. The molecule has 0 aliphatic carbocycles. The van der Waals surface area contributed by atoms with Crippen LogP contribution in [0.2, 0.25) is 0 Å². The van der Waals surface area contributed by atoms with Crippen LogP contribution in [0.3, 0.4) is 0 Å². The van der Waals surface area contributed by atoms with E-state index in [4.69, 9.17) is 4.74 Å². The highest BCUT2D eigenvalue weighted by Crippen LogP contribution is 2.27. The summed E-state index contributed by atoms with van der Waals surface area (Å²) in [6, 6.07) is 10.1. The smallest absolute Gasteiger partial charge is 0.180 e. The van der Waals surface area contributed by atoms with E-state index >= 15 is 0 Å². The molecule has 1 heterocycles. The monoisotopic (exact) mass is 288 g/mol. The lowest BCUT2D eigenvalue weighted by molar-refractivity contribution is 0.0994. The molecule has 0 aliphatic rings. The molecule has 0 unspecified atom stereocenters. The number of hydrogen-bond acceptors (Lipinski definition) is 3. The van der Waals surface area contributed by atoms with E-state index in [0.29, 0.717) is 17.0 Å². The predicted molar refractivity (Wildman–Crippen MR) is 84.0 cm³/mol. The van der Waals surface area contributed by atoms with Crippen LogP contribution in [0.15, 0.2) is 35.7 Å². The first-order valence-electron chi connectivity index (χ1n) is 6.66. The Morgan fingerprint density at radius 2 is 1.80 bits per heavy atom. The number of carbonyl (C=O) groups excluding carboxylic acids is 1. The van der Waals surface area contributed by atoms with Gasteiger partial charge in [-0.15, -0.1) is 11.3 Å². The lowest BCUT2D eigenvalue weighted by Gasteiger charge is -2.19. The average molecular weight is 288 g/mol. The predicted octanol–water partition coefficient (Wildman–Crippen LogP) is 4.48. The Hall–Kier alpha value is -1.61. The number of carbonyl (C=O) groups is 1. The molecule has 0 saturated carbocycles. The summed E-state index contributed by atoms with van der Waals surface area (Å²) in [6.45, 7) is 6.55. The Labute approximate surface area is 124 Å². The van der Waals surface area contributed by atoms with E-state index < -0.39 is 0 Å². The van der Waals surface area contributed by atoms with Gasteiger partial charge in [-0.05, 0) is 28.0 Å². The molecule has 1 aromatic carbocycles. The molecular weight excluding hydrogens is 268 g/mol. The van der Waals surface area contributed by atoms with Crippen LogP contribution in [-0.4, -0.2) is 12.9 Å². The topological polar surface area (TPSA) is 26.3 Å². The van der Waals surface area contributed by atoms with Crippen molar-refractivity contribution in [2.24, 2.45) is 0 Å². The zero-order chi connectivity index (χ0) is 14.8. The van der Waals surface area contributed by atoms with Crippen molar-refractivity contribution in [1.82, 2.24) is 0 Å². The number of benzene rings is 1. The Morgan fingerprint density at radius 1 is 1.15 bits per heavy atom. The minimum absolute atomic E-state index is 0.111. The summed E-state index contributed by atoms with van der Waals surface area (Å²) in [7, 11) is 1.59. The maximum atomic E-state index is 12.3. The van der Waals surface area contributed by atoms with Crippen molar-refractivity contribution in [3.8, 4) is 5.75 Å². The van der Waals surface area contributed by atoms with Crippen LogP contribution >= 0.6 is 11.3 Å². The van der Waals surface area contributed by atoms with Gasteiger partial charge >= 0.3 is 0 Å². The van der Waals surface area contributed by atoms with Gasteiger partial charge in [0.25, 0.3) is 0 Å². The van der Waals surface area contributed by atoms with E-state index in [9.17, 15) is 4.79 Å². The highest BCUT2D eigenvalue weighted by molar-refractivity contribution is 7.12. The van der Waals surface area contributed by atoms with Gasteiger partial charge in [-0.3, -0.25) is 4.79 Å². The second-order valence-corrected chi connectivity index (χ2v) is 6.78. The minimum atomic E-state index is 0.111. The first-order chi connectivity index (χ1) is 9.41. The lowest BCUT2D eigenvalue weighted by atomic mass is 9.86. The fourth-order valence-corrected chi connectivity index (χ4v) is 2.85. The quantitative estimate of drug-likeness (QED) is 0.775. The molecule has 2 aromatic rings. The minimum Gasteiger partial charge on any atom is -0.495 e. The molecule has 3 heteroatoms. The first-order valence-corrected chi connectivity index (χ1v) is 7.54. The fraction of sp³-hybridized carbons (Fsp3) is 0.353. The Balaban J connectivity index is 2.13. The number of Topliss-reactive ketones (excluding diaryl/α,β-unsaturated/α-hetero) is 1. The SMILES string of the molecule is COc1ccsc1C(=O)Cc1ccc(C(C)(C)C)cc1. The molecule has 0 spiro atoms. The number of methoxy groups -OCH3 is 1. The van der Waals surface area contributed by atoms with Crippen LogP contribution in [-0.2, 0) is 11.8 Å². The van der Waals surface area contributed by atoms with Crippen LogP contribution in [0.1, 0.15) is 41.6 Å². The van der Waals surface area contributed by atoms with Gasteiger partial charge in [0.1, 0.15) is 10.6 Å². The number of rotatable bonds is 4. The second kappa shape index (κ2) is 5.80. The van der Waals surface area contributed by atoms with Gasteiger partial charge in [-0.2, -0.15) is 0 Å². The summed E-state index contributed by atoms with van der Waals surface area (Å²) in [5.74, 6) is 0.784. The number of thiophene rings is 1. The van der Waals surface area contributed by atoms with Gasteiger partial charge in [0.15, 0.2) is 5.78 Å². The van der Waals surface area contributed by atoms with Gasteiger partial charge in [-0.1, -0.05) is 45.0 Å². The largest absolute Gasteiger partial charge is 0.495 e. The zero-order valence-corrected chi connectivity index (χ0v) is 13.2. The van der Waals surface area contributed by atoms with Gasteiger partial charge in [0.05, 0.1) is 7.11 Å². The first kappa shape index (κ1) is 14.8. The second-order valence-electron chi connectivity index (χ2n) is 5.86. The summed E-state index contributed by atoms with van der Waals surface area (Å²) in [5, 5.41) is 1.88. The molecule has 0 saturated heterocycles. The van der Waals surface area contributed by atoms with Crippen molar-refractivity contribution in [2.75, 3.05) is 7.11 Å². The third-order valence-corrected chi connectivity index (χ3v) is 4.22. The summed E-state index contributed by atoms with van der Waals surface area (Å²) in [4.78, 5) is 13.0. The van der Waals surface area contributed by atoms with Crippen LogP contribution in [0, 0.1) is 0 Å².